The lowest BCUT2D eigenvalue weighted by molar-refractivity contribution is -0.385. The molecule has 0 heterocycles. The van der Waals surface area contributed by atoms with Crippen LogP contribution in [0.2, 0.25) is 0 Å². The number of hydrogen-bond acceptors (Lipinski definition) is 7. The Morgan fingerprint density at radius 2 is 2.17 bits per heavy atom. The molecular formula is C14H21N3O6. The highest BCUT2D eigenvalue weighted by molar-refractivity contribution is 5.75. The third-order valence-electron chi connectivity index (χ3n) is 3.00. The summed E-state index contributed by atoms with van der Waals surface area (Å²) in [5, 5.41) is 22.8. The fourth-order valence-electron chi connectivity index (χ4n) is 1.88. The number of hydrogen-bond donors (Lipinski definition) is 3. The molecule has 23 heavy (non-hydrogen) atoms. The first-order valence-corrected chi connectivity index (χ1v) is 7.09. The molecule has 1 aromatic rings. The van der Waals surface area contributed by atoms with E-state index < -0.39 is 11.5 Å². The van der Waals surface area contributed by atoms with E-state index in [4.69, 9.17) is 15.2 Å². The molecule has 0 aliphatic rings. The summed E-state index contributed by atoms with van der Waals surface area (Å²) < 4.78 is 10.6. The maximum absolute atomic E-state index is 11.4. The first-order chi connectivity index (χ1) is 11.0. The highest BCUT2D eigenvalue weighted by atomic mass is 16.6. The van der Waals surface area contributed by atoms with Crippen LogP contribution in [0.15, 0.2) is 12.1 Å². The second-order valence-electron chi connectivity index (χ2n) is 4.64. The van der Waals surface area contributed by atoms with Crippen LogP contribution in [-0.2, 0) is 11.4 Å². The molecule has 0 radical (unpaired) electrons. The minimum atomic E-state index is -0.598. The van der Waals surface area contributed by atoms with Gasteiger partial charge in [-0.1, -0.05) is 0 Å². The second-order valence-corrected chi connectivity index (χ2v) is 4.64. The van der Waals surface area contributed by atoms with Crippen molar-refractivity contribution in [2.24, 2.45) is 5.73 Å². The predicted octanol–water partition coefficient (Wildman–Crippen LogP) is 0.330. The van der Waals surface area contributed by atoms with Gasteiger partial charge in [-0.05, 0) is 12.5 Å². The first-order valence-electron chi connectivity index (χ1n) is 7.09. The molecule has 1 rings (SSSR count). The van der Waals surface area contributed by atoms with Gasteiger partial charge in [0, 0.05) is 19.5 Å². The largest absolute Gasteiger partial charge is 0.493 e. The summed E-state index contributed by atoms with van der Waals surface area (Å²) in [6.45, 7) is 0.551. The summed E-state index contributed by atoms with van der Waals surface area (Å²) in [6.07, 6.45) is 0.743. The maximum atomic E-state index is 11.4. The van der Waals surface area contributed by atoms with Crippen LogP contribution in [0.4, 0.5) is 5.69 Å². The molecule has 128 valence electrons. The van der Waals surface area contributed by atoms with Gasteiger partial charge in [-0.25, -0.2) is 0 Å². The summed E-state index contributed by atoms with van der Waals surface area (Å²) in [5.74, 6) is 0.358. The highest BCUT2D eigenvalue weighted by Gasteiger charge is 2.19. The number of rotatable bonds is 10. The van der Waals surface area contributed by atoms with Gasteiger partial charge >= 0.3 is 0 Å². The molecule has 9 heteroatoms. The fourth-order valence-corrected chi connectivity index (χ4v) is 1.88. The number of ether oxygens (including phenoxy) is 2. The summed E-state index contributed by atoms with van der Waals surface area (Å²) in [5.41, 5.74) is 5.17. The number of methoxy groups -OCH3 is 1. The van der Waals surface area contributed by atoms with E-state index in [-0.39, 0.29) is 41.7 Å². The fraction of sp³-hybridized carbons (Fsp3) is 0.500. The van der Waals surface area contributed by atoms with Crippen LogP contribution in [0, 0.1) is 10.1 Å². The molecule has 0 saturated heterocycles. The van der Waals surface area contributed by atoms with Gasteiger partial charge < -0.3 is 25.6 Å². The third kappa shape index (κ3) is 5.72. The van der Waals surface area contributed by atoms with Crippen LogP contribution in [0.25, 0.3) is 0 Å². The minimum Gasteiger partial charge on any atom is -0.493 e. The van der Waals surface area contributed by atoms with Crippen molar-refractivity contribution in [3.63, 3.8) is 0 Å². The van der Waals surface area contributed by atoms with Crippen molar-refractivity contribution in [2.75, 3.05) is 26.8 Å². The van der Waals surface area contributed by atoms with Crippen molar-refractivity contribution in [3.05, 3.63) is 27.8 Å². The number of amides is 1. The SMILES string of the molecule is COc1cc([N+](=O)[O-])c(CO)cc1OCCCC(=O)NCCN. The number of aliphatic hydroxyl groups excluding tert-OH is 1. The Hall–Kier alpha value is -2.39. The molecule has 0 bridgehead atoms. The van der Waals surface area contributed by atoms with E-state index in [0.29, 0.717) is 19.5 Å². The lowest BCUT2D eigenvalue weighted by Gasteiger charge is -2.12. The molecule has 4 N–H and O–H groups in total. The van der Waals surface area contributed by atoms with Crippen molar-refractivity contribution < 1.29 is 24.3 Å². The maximum Gasteiger partial charge on any atom is 0.278 e. The molecule has 0 spiro atoms. The van der Waals surface area contributed by atoms with E-state index >= 15 is 0 Å². The number of nitrogens with two attached hydrogens (primary N) is 1. The summed E-state index contributed by atoms with van der Waals surface area (Å²) in [4.78, 5) is 21.7. The van der Waals surface area contributed by atoms with Crippen LogP contribution in [0.1, 0.15) is 18.4 Å². The standard InChI is InChI=1S/C14H21N3O6/c1-22-12-8-11(17(20)21)10(9-18)7-13(12)23-6-2-3-14(19)16-5-4-15/h7-8,18H,2-6,9,15H2,1H3,(H,16,19). The van der Waals surface area contributed by atoms with Gasteiger partial charge in [-0.3, -0.25) is 14.9 Å². The number of nitrogens with zero attached hydrogens (tertiary/aromatic N) is 1. The Kier molecular flexibility index (Phi) is 7.78. The smallest absolute Gasteiger partial charge is 0.278 e. The second kappa shape index (κ2) is 9.59. The van der Waals surface area contributed by atoms with E-state index in [1.807, 2.05) is 0 Å². The van der Waals surface area contributed by atoms with Gasteiger partial charge in [-0.15, -0.1) is 0 Å². The van der Waals surface area contributed by atoms with Crippen LogP contribution in [0.5, 0.6) is 11.5 Å². The zero-order chi connectivity index (χ0) is 17.2. The number of nitro groups is 1. The number of aliphatic hydroxyl groups is 1. The van der Waals surface area contributed by atoms with Crippen LogP contribution >= 0.6 is 0 Å². The molecule has 9 nitrogen and oxygen atoms in total. The van der Waals surface area contributed by atoms with Crippen molar-refractivity contribution in [2.45, 2.75) is 19.4 Å². The Balaban J connectivity index is 2.65. The molecule has 0 fully saturated rings. The number of nitro benzene ring substituents is 1. The normalized spacial score (nSPS) is 10.2. The van der Waals surface area contributed by atoms with E-state index in [0.717, 1.165) is 0 Å². The summed E-state index contributed by atoms with van der Waals surface area (Å²) >= 11 is 0. The van der Waals surface area contributed by atoms with Gasteiger partial charge in [0.2, 0.25) is 5.91 Å². The van der Waals surface area contributed by atoms with Crippen molar-refractivity contribution in [3.8, 4) is 11.5 Å². The Bertz CT molecular complexity index is 550. The molecule has 0 aromatic heterocycles. The van der Waals surface area contributed by atoms with E-state index in [2.05, 4.69) is 5.32 Å². The third-order valence-corrected chi connectivity index (χ3v) is 3.00. The monoisotopic (exact) mass is 327 g/mol. The van der Waals surface area contributed by atoms with Crippen LogP contribution in [0.3, 0.4) is 0 Å². The van der Waals surface area contributed by atoms with Crippen molar-refractivity contribution in [1.82, 2.24) is 5.32 Å². The molecular weight excluding hydrogens is 306 g/mol. The zero-order valence-electron chi connectivity index (χ0n) is 12.9. The Labute approximate surface area is 133 Å². The number of carbonyl (C=O) groups excluding carboxylic acids is 1. The van der Waals surface area contributed by atoms with Gasteiger partial charge in [0.25, 0.3) is 5.69 Å². The van der Waals surface area contributed by atoms with E-state index in [9.17, 15) is 20.0 Å². The molecule has 0 unspecified atom stereocenters. The Morgan fingerprint density at radius 1 is 1.43 bits per heavy atom. The van der Waals surface area contributed by atoms with Gasteiger partial charge in [-0.2, -0.15) is 0 Å². The average molecular weight is 327 g/mol. The molecule has 0 saturated carbocycles. The molecule has 0 atom stereocenters. The molecule has 1 amide bonds. The van der Waals surface area contributed by atoms with E-state index in [1.54, 1.807) is 0 Å². The molecule has 0 aliphatic heterocycles. The van der Waals surface area contributed by atoms with Gasteiger partial charge in [0.1, 0.15) is 0 Å². The quantitative estimate of drug-likeness (QED) is 0.320. The van der Waals surface area contributed by atoms with Crippen LogP contribution < -0.4 is 20.5 Å². The number of benzene rings is 1. The highest BCUT2D eigenvalue weighted by Crippen LogP contribution is 2.34. The Morgan fingerprint density at radius 3 is 2.74 bits per heavy atom. The van der Waals surface area contributed by atoms with Crippen molar-refractivity contribution >= 4 is 11.6 Å². The summed E-state index contributed by atoms with van der Waals surface area (Å²) in [7, 11) is 1.37. The van der Waals surface area contributed by atoms with Gasteiger partial charge in [0.05, 0.1) is 36.9 Å². The average Bonchev–Trinajstić information content (AvgIpc) is 2.55. The lowest BCUT2D eigenvalue weighted by Crippen LogP contribution is -2.29. The molecule has 0 aliphatic carbocycles. The zero-order valence-corrected chi connectivity index (χ0v) is 12.9. The topological polar surface area (TPSA) is 137 Å². The van der Waals surface area contributed by atoms with Crippen LogP contribution in [-0.4, -0.2) is 42.7 Å². The van der Waals surface area contributed by atoms with E-state index in [1.165, 1.54) is 19.2 Å². The first kappa shape index (κ1) is 18.7. The van der Waals surface area contributed by atoms with Gasteiger partial charge in [0.15, 0.2) is 11.5 Å². The van der Waals surface area contributed by atoms with Crippen molar-refractivity contribution in [1.29, 1.82) is 0 Å². The minimum absolute atomic E-state index is 0.120. The number of carbonyl (C=O) groups is 1. The lowest BCUT2D eigenvalue weighted by atomic mass is 10.1. The molecule has 1 aromatic carbocycles. The summed E-state index contributed by atoms with van der Waals surface area (Å²) in [6, 6.07) is 2.57. The number of nitrogens with one attached hydrogen (secondary N) is 1. The predicted molar refractivity (Wildman–Crippen MR) is 82.4 cm³/mol.